The van der Waals surface area contributed by atoms with Gasteiger partial charge in [0.25, 0.3) is 0 Å². The number of phenolic OH excluding ortho intramolecular Hbond substituents is 1. The summed E-state index contributed by atoms with van der Waals surface area (Å²) in [5.41, 5.74) is 2.91. The third-order valence-electron chi connectivity index (χ3n) is 2.40. The summed E-state index contributed by atoms with van der Waals surface area (Å²) < 4.78 is 4.99. The summed E-state index contributed by atoms with van der Waals surface area (Å²) >= 11 is 0. The quantitative estimate of drug-likeness (QED) is 0.769. The Morgan fingerprint density at radius 1 is 1.31 bits per heavy atom. The monoisotopic (exact) mass is 222 g/mol. The van der Waals surface area contributed by atoms with Gasteiger partial charge in [-0.05, 0) is 43.5 Å². The standard InChI is InChI=1S/C13H18O3/c1-9(2)4-5-10-6-12(15)13(16-3)7-11(10)8-14/h4,6-7,14-15H,5,8H2,1-3H3. The zero-order valence-electron chi connectivity index (χ0n) is 9.95. The van der Waals surface area contributed by atoms with Crippen molar-refractivity contribution >= 4 is 0 Å². The number of ether oxygens (including phenoxy) is 1. The van der Waals surface area contributed by atoms with Crippen LogP contribution in [0.1, 0.15) is 25.0 Å². The van der Waals surface area contributed by atoms with Gasteiger partial charge in [0.05, 0.1) is 13.7 Å². The zero-order valence-corrected chi connectivity index (χ0v) is 9.95. The molecule has 0 fully saturated rings. The SMILES string of the molecule is COc1cc(CO)c(CC=C(C)C)cc1O. The van der Waals surface area contributed by atoms with Gasteiger partial charge in [0.2, 0.25) is 0 Å². The number of hydrogen-bond acceptors (Lipinski definition) is 3. The molecule has 2 N–H and O–H groups in total. The van der Waals surface area contributed by atoms with E-state index in [9.17, 15) is 10.2 Å². The fourth-order valence-corrected chi connectivity index (χ4v) is 1.47. The molecule has 0 aliphatic heterocycles. The van der Waals surface area contributed by atoms with Crippen molar-refractivity contribution in [2.75, 3.05) is 7.11 Å². The van der Waals surface area contributed by atoms with Crippen LogP contribution in [-0.4, -0.2) is 17.3 Å². The summed E-state index contributed by atoms with van der Waals surface area (Å²) in [4.78, 5) is 0. The van der Waals surface area contributed by atoms with Gasteiger partial charge in [-0.1, -0.05) is 11.6 Å². The van der Waals surface area contributed by atoms with Crippen LogP contribution in [0.25, 0.3) is 0 Å². The molecule has 1 aromatic rings. The average molecular weight is 222 g/mol. The predicted molar refractivity (Wildman–Crippen MR) is 63.7 cm³/mol. The van der Waals surface area contributed by atoms with Crippen LogP contribution in [0.15, 0.2) is 23.8 Å². The van der Waals surface area contributed by atoms with Gasteiger partial charge < -0.3 is 14.9 Å². The van der Waals surface area contributed by atoms with Crippen LogP contribution in [0.2, 0.25) is 0 Å². The summed E-state index contributed by atoms with van der Waals surface area (Å²) in [5, 5.41) is 18.9. The van der Waals surface area contributed by atoms with E-state index in [0.717, 1.165) is 11.1 Å². The Kier molecular flexibility index (Phi) is 4.38. The van der Waals surface area contributed by atoms with Crippen LogP contribution in [0.4, 0.5) is 0 Å². The Balaban J connectivity index is 3.08. The van der Waals surface area contributed by atoms with Crippen LogP contribution >= 0.6 is 0 Å². The van der Waals surface area contributed by atoms with Crippen LogP contribution in [0, 0.1) is 0 Å². The highest BCUT2D eigenvalue weighted by atomic mass is 16.5. The Morgan fingerprint density at radius 2 is 2.00 bits per heavy atom. The molecule has 0 unspecified atom stereocenters. The zero-order chi connectivity index (χ0) is 12.1. The summed E-state index contributed by atoms with van der Waals surface area (Å²) in [6.45, 7) is 3.98. The second kappa shape index (κ2) is 5.56. The molecular weight excluding hydrogens is 204 g/mol. The van der Waals surface area contributed by atoms with Crippen molar-refractivity contribution in [1.29, 1.82) is 0 Å². The minimum absolute atomic E-state index is 0.0530. The van der Waals surface area contributed by atoms with Crippen molar-refractivity contribution in [3.63, 3.8) is 0 Å². The number of aliphatic hydroxyl groups is 1. The van der Waals surface area contributed by atoms with E-state index in [2.05, 4.69) is 6.08 Å². The van der Waals surface area contributed by atoms with Gasteiger partial charge in [-0.15, -0.1) is 0 Å². The molecule has 0 aliphatic rings. The lowest BCUT2D eigenvalue weighted by atomic mass is 10.0. The Labute approximate surface area is 96.0 Å². The van der Waals surface area contributed by atoms with Gasteiger partial charge in [0.1, 0.15) is 0 Å². The number of aliphatic hydroxyl groups excluding tert-OH is 1. The van der Waals surface area contributed by atoms with Gasteiger partial charge in [-0.3, -0.25) is 0 Å². The molecule has 0 saturated heterocycles. The molecule has 0 saturated carbocycles. The second-order valence-electron chi connectivity index (χ2n) is 3.94. The summed E-state index contributed by atoms with van der Waals surface area (Å²) in [6, 6.07) is 3.31. The fourth-order valence-electron chi connectivity index (χ4n) is 1.47. The minimum atomic E-state index is -0.0530. The first-order chi connectivity index (χ1) is 7.58. The minimum Gasteiger partial charge on any atom is -0.504 e. The molecule has 16 heavy (non-hydrogen) atoms. The molecule has 3 heteroatoms. The number of allylic oxidation sites excluding steroid dienone is 2. The molecule has 0 radical (unpaired) electrons. The molecule has 1 rings (SSSR count). The van der Waals surface area contributed by atoms with Crippen molar-refractivity contribution in [3.05, 3.63) is 34.9 Å². The first kappa shape index (κ1) is 12.6. The topological polar surface area (TPSA) is 49.7 Å². The molecule has 1 aromatic carbocycles. The Bertz CT molecular complexity index is 390. The number of rotatable bonds is 4. The molecule has 0 atom stereocenters. The Hall–Kier alpha value is -1.48. The molecule has 0 bridgehead atoms. The summed E-state index contributed by atoms with van der Waals surface area (Å²) in [6.07, 6.45) is 2.76. The van der Waals surface area contributed by atoms with Crippen LogP contribution in [0.5, 0.6) is 11.5 Å². The van der Waals surface area contributed by atoms with E-state index in [1.54, 1.807) is 12.1 Å². The average Bonchev–Trinajstić information content (AvgIpc) is 2.26. The molecule has 3 nitrogen and oxygen atoms in total. The maximum Gasteiger partial charge on any atom is 0.160 e. The highest BCUT2D eigenvalue weighted by Crippen LogP contribution is 2.30. The number of phenols is 1. The summed E-state index contributed by atoms with van der Waals surface area (Å²) in [7, 11) is 1.49. The van der Waals surface area contributed by atoms with Crippen LogP contribution < -0.4 is 4.74 Å². The lowest BCUT2D eigenvalue weighted by Crippen LogP contribution is -1.95. The highest BCUT2D eigenvalue weighted by Gasteiger charge is 2.08. The first-order valence-electron chi connectivity index (χ1n) is 5.21. The van der Waals surface area contributed by atoms with Crippen LogP contribution in [-0.2, 0) is 13.0 Å². The first-order valence-corrected chi connectivity index (χ1v) is 5.21. The van der Waals surface area contributed by atoms with E-state index in [1.807, 2.05) is 13.8 Å². The molecular formula is C13H18O3. The van der Waals surface area contributed by atoms with Crippen molar-refractivity contribution in [1.82, 2.24) is 0 Å². The van der Waals surface area contributed by atoms with Gasteiger partial charge in [-0.25, -0.2) is 0 Å². The maximum absolute atomic E-state index is 9.65. The van der Waals surface area contributed by atoms with Crippen molar-refractivity contribution in [2.24, 2.45) is 0 Å². The normalized spacial score (nSPS) is 10.0. The summed E-state index contributed by atoms with van der Waals surface area (Å²) in [5.74, 6) is 0.502. The smallest absolute Gasteiger partial charge is 0.160 e. The van der Waals surface area contributed by atoms with E-state index >= 15 is 0 Å². The van der Waals surface area contributed by atoms with E-state index in [1.165, 1.54) is 12.7 Å². The molecule has 88 valence electrons. The third kappa shape index (κ3) is 3.00. The third-order valence-corrected chi connectivity index (χ3v) is 2.40. The van der Waals surface area contributed by atoms with Crippen molar-refractivity contribution < 1.29 is 14.9 Å². The van der Waals surface area contributed by atoms with Gasteiger partial charge in [0.15, 0.2) is 11.5 Å². The van der Waals surface area contributed by atoms with Gasteiger partial charge in [0, 0.05) is 0 Å². The maximum atomic E-state index is 9.65. The van der Waals surface area contributed by atoms with E-state index in [4.69, 9.17) is 4.74 Å². The highest BCUT2D eigenvalue weighted by molar-refractivity contribution is 5.47. The van der Waals surface area contributed by atoms with E-state index in [-0.39, 0.29) is 12.4 Å². The lowest BCUT2D eigenvalue weighted by molar-refractivity contribution is 0.279. The number of aromatic hydroxyl groups is 1. The Morgan fingerprint density at radius 3 is 2.50 bits per heavy atom. The number of benzene rings is 1. The van der Waals surface area contributed by atoms with E-state index < -0.39 is 0 Å². The molecule has 0 amide bonds. The lowest BCUT2D eigenvalue weighted by Gasteiger charge is -2.10. The van der Waals surface area contributed by atoms with Crippen molar-refractivity contribution in [2.45, 2.75) is 26.9 Å². The molecule has 0 spiro atoms. The number of methoxy groups -OCH3 is 1. The van der Waals surface area contributed by atoms with Gasteiger partial charge >= 0.3 is 0 Å². The van der Waals surface area contributed by atoms with Crippen molar-refractivity contribution in [3.8, 4) is 11.5 Å². The predicted octanol–water partition coefficient (Wildman–Crippen LogP) is 2.40. The molecule has 0 aromatic heterocycles. The number of hydrogen-bond donors (Lipinski definition) is 2. The molecule has 0 heterocycles. The van der Waals surface area contributed by atoms with E-state index in [0.29, 0.717) is 12.2 Å². The largest absolute Gasteiger partial charge is 0.504 e. The second-order valence-corrected chi connectivity index (χ2v) is 3.94. The van der Waals surface area contributed by atoms with Crippen LogP contribution in [0.3, 0.4) is 0 Å². The fraction of sp³-hybridized carbons (Fsp3) is 0.385. The van der Waals surface area contributed by atoms with Gasteiger partial charge in [-0.2, -0.15) is 0 Å². The molecule has 0 aliphatic carbocycles.